The lowest BCUT2D eigenvalue weighted by Crippen LogP contribution is -2.29. The van der Waals surface area contributed by atoms with Crippen molar-refractivity contribution in [1.29, 1.82) is 0 Å². The molecule has 0 bridgehead atoms. The molecule has 1 aliphatic rings. The van der Waals surface area contributed by atoms with Crippen molar-refractivity contribution < 1.29 is 0 Å². The fourth-order valence-electron chi connectivity index (χ4n) is 4.18. The molecule has 0 radical (unpaired) electrons. The van der Waals surface area contributed by atoms with E-state index in [9.17, 15) is 0 Å². The molecular formula is C27H32ClN3. The van der Waals surface area contributed by atoms with E-state index in [1.807, 2.05) is 12.1 Å². The lowest BCUT2D eigenvalue weighted by atomic mass is 9.99. The summed E-state index contributed by atoms with van der Waals surface area (Å²) < 4.78 is 2.14. The minimum Gasteiger partial charge on any atom is -0.299 e. The van der Waals surface area contributed by atoms with Gasteiger partial charge in [-0.05, 0) is 79.6 Å². The van der Waals surface area contributed by atoms with E-state index in [0.29, 0.717) is 5.92 Å². The Morgan fingerprint density at radius 3 is 2.45 bits per heavy atom. The van der Waals surface area contributed by atoms with Crippen molar-refractivity contribution in [2.24, 2.45) is 0 Å². The molecule has 2 heterocycles. The molecule has 1 aliphatic heterocycles. The summed E-state index contributed by atoms with van der Waals surface area (Å²) >= 11 is 6.02. The van der Waals surface area contributed by atoms with E-state index in [1.54, 1.807) is 0 Å². The van der Waals surface area contributed by atoms with Crippen LogP contribution in [-0.4, -0.2) is 34.3 Å². The van der Waals surface area contributed by atoms with E-state index in [-0.39, 0.29) is 0 Å². The quantitative estimate of drug-likeness (QED) is 0.366. The molecule has 2 aromatic carbocycles. The van der Waals surface area contributed by atoms with Crippen LogP contribution in [0, 0.1) is 0 Å². The van der Waals surface area contributed by atoms with Gasteiger partial charge in [-0.25, -0.2) is 4.68 Å². The number of unbranched alkanes of at least 4 members (excludes halogenated alkanes) is 1. The molecule has 0 saturated carbocycles. The van der Waals surface area contributed by atoms with Crippen LogP contribution in [0.5, 0.6) is 0 Å². The fourth-order valence-corrected chi connectivity index (χ4v) is 4.30. The Morgan fingerprint density at radius 2 is 1.77 bits per heavy atom. The van der Waals surface area contributed by atoms with E-state index < -0.39 is 0 Å². The van der Waals surface area contributed by atoms with Crippen LogP contribution in [0.2, 0.25) is 5.02 Å². The van der Waals surface area contributed by atoms with Crippen molar-refractivity contribution in [3.05, 3.63) is 88.7 Å². The zero-order valence-electron chi connectivity index (χ0n) is 18.6. The first-order valence-corrected chi connectivity index (χ1v) is 11.8. The Hall–Kier alpha value is -2.36. The summed E-state index contributed by atoms with van der Waals surface area (Å²) in [6, 6.07) is 21.0. The summed E-state index contributed by atoms with van der Waals surface area (Å²) in [4.78, 5) is 2.56. The summed E-state index contributed by atoms with van der Waals surface area (Å²) in [6.07, 6.45) is 6.95. The van der Waals surface area contributed by atoms with Gasteiger partial charge in [-0.3, -0.25) is 4.90 Å². The van der Waals surface area contributed by atoms with Gasteiger partial charge in [-0.15, -0.1) is 0 Å². The second-order valence-electron chi connectivity index (χ2n) is 8.71. The molecule has 162 valence electrons. The van der Waals surface area contributed by atoms with Gasteiger partial charge in [0, 0.05) is 23.8 Å². The second-order valence-corrected chi connectivity index (χ2v) is 9.14. The Morgan fingerprint density at radius 1 is 1.00 bits per heavy atom. The Bertz CT molecular complexity index is 1000. The first kappa shape index (κ1) is 21.9. The van der Waals surface area contributed by atoms with Crippen molar-refractivity contribution in [2.45, 2.75) is 45.4 Å². The van der Waals surface area contributed by atoms with Crippen LogP contribution in [-0.2, 0) is 6.42 Å². The summed E-state index contributed by atoms with van der Waals surface area (Å²) in [7, 11) is 0. The number of para-hydroxylation sites is 1. The number of aromatic nitrogens is 2. The van der Waals surface area contributed by atoms with Crippen LogP contribution in [0.1, 0.15) is 56.0 Å². The molecule has 4 rings (SSSR count). The standard InChI is InChI=1S/C27H32ClN3/c1-21(2)27-20-26(31(29-27)25-8-4-3-5-9-25)10-6-7-17-30-18-15-23(16-19-30)22-11-13-24(28)14-12-22/h3-5,8-9,11-15,20-21H,6-7,10,16-19H2,1-2H3. The van der Waals surface area contributed by atoms with E-state index in [1.165, 1.54) is 35.4 Å². The van der Waals surface area contributed by atoms with Gasteiger partial charge in [0.2, 0.25) is 0 Å². The Balaban J connectivity index is 1.30. The molecule has 31 heavy (non-hydrogen) atoms. The third kappa shape index (κ3) is 5.66. The molecule has 0 saturated heterocycles. The van der Waals surface area contributed by atoms with Crippen molar-refractivity contribution in [2.75, 3.05) is 19.6 Å². The first-order chi connectivity index (χ1) is 15.1. The van der Waals surface area contributed by atoms with Crippen LogP contribution >= 0.6 is 11.6 Å². The minimum absolute atomic E-state index is 0.443. The van der Waals surface area contributed by atoms with Gasteiger partial charge < -0.3 is 0 Å². The molecule has 0 unspecified atom stereocenters. The summed E-state index contributed by atoms with van der Waals surface area (Å²) in [5.74, 6) is 0.443. The maximum Gasteiger partial charge on any atom is 0.0657 e. The third-order valence-electron chi connectivity index (χ3n) is 6.06. The number of aryl methyl sites for hydroxylation is 1. The highest BCUT2D eigenvalue weighted by Crippen LogP contribution is 2.24. The van der Waals surface area contributed by atoms with E-state index >= 15 is 0 Å². The predicted molar refractivity (Wildman–Crippen MR) is 131 cm³/mol. The molecule has 0 N–H and O–H groups in total. The summed E-state index contributed by atoms with van der Waals surface area (Å²) in [5, 5.41) is 5.68. The van der Waals surface area contributed by atoms with Gasteiger partial charge in [-0.2, -0.15) is 5.10 Å². The number of nitrogens with zero attached hydrogens (tertiary/aromatic N) is 3. The van der Waals surface area contributed by atoms with Crippen LogP contribution in [0.25, 0.3) is 11.3 Å². The molecule has 4 heteroatoms. The molecular weight excluding hydrogens is 402 g/mol. The molecule has 1 aromatic heterocycles. The lowest BCUT2D eigenvalue weighted by Gasteiger charge is -2.26. The van der Waals surface area contributed by atoms with Gasteiger partial charge >= 0.3 is 0 Å². The Kier molecular flexibility index (Phi) is 7.26. The second kappa shape index (κ2) is 10.3. The zero-order chi connectivity index (χ0) is 21.6. The highest BCUT2D eigenvalue weighted by atomic mass is 35.5. The van der Waals surface area contributed by atoms with E-state index in [2.05, 4.69) is 78.0 Å². The van der Waals surface area contributed by atoms with Crippen molar-refractivity contribution in [3.8, 4) is 5.69 Å². The molecule has 0 fully saturated rings. The monoisotopic (exact) mass is 433 g/mol. The molecule has 0 aliphatic carbocycles. The molecule has 3 aromatic rings. The fraction of sp³-hybridized carbons (Fsp3) is 0.370. The summed E-state index contributed by atoms with van der Waals surface area (Å²) in [6.45, 7) is 7.75. The Labute approximate surface area is 191 Å². The van der Waals surface area contributed by atoms with Crippen molar-refractivity contribution in [1.82, 2.24) is 14.7 Å². The molecule has 3 nitrogen and oxygen atoms in total. The van der Waals surface area contributed by atoms with Gasteiger partial charge in [0.05, 0.1) is 11.4 Å². The first-order valence-electron chi connectivity index (χ1n) is 11.4. The van der Waals surface area contributed by atoms with Gasteiger partial charge in [0.15, 0.2) is 0 Å². The number of hydrogen-bond acceptors (Lipinski definition) is 2. The average Bonchev–Trinajstić information content (AvgIpc) is 3.23. The normalized spacial score (nSPS) is 14.8. The number of rotatable bonds is 8. The van der Waals surface area contributed by atoms with Gasteiger partial charge in [0.25, 0.3) is 0 Å². The molecule has 0 spiro atoms. The third-order valence-corrected chi connectivity index (χ3v) is 6.31. The van der Waals surface area contributed by atoms with Crippen molar-refractivity contribution >= 4 is 17.2 Å². The number of halogens is 1. The maximum absolute atomic E-state index is 6.02. The molecule has 0 amide bonds. The largest absolute Gasteiger partial charge is 0.299 e. The van der Waals surface area contributed by atoms with E-state index in [4.69, 9.17) is 16.7 Å². The van der Waals surface area contributed by atoms with E-state index in [0.717, 1.165) is 43.2 Å². The highest BCUT2D eigenvalue weighted by Gasteiger charge is 2.14. The predicted octanol–water partition coefficient (Wildman–Crippen LogP) is 6.76. The van der Waals surface area contributed by atoms with Crippen molar-refractivity contribution in [3.63, 3.8) is 0 Å². The van der Waals surface area contributed by atoms with Gasteiger partial charge in [-0.1, -0.05) is 61.9 Å². The smallest absolute Gasteiger partial charge is 0.0657 e. The topological polar surface area (TPSA) is 21.1 Å². The molecule has 0 atom stereocenters. The number of hydrogen-bond donors (Lipinski definition) is 0. The minimum atomic E-state index is 0.443. The lowest BCUT2D eigenvalue weighted by molar-refractivity contribution is 0.295. The van der Waals surface area contributed by atoms with Crippen LogP contribution in [0.4, 0.5) is 0 Å². The van der Waals surface area contributed by atoms with Gasteiger partial charge in [0.1, 0.15) is 0 Å². The van der Waals surface area contributed by atoms with Crippen LogP contribution < -0.4 is 0 Å². The van der Waals surface area contributed by atoms with Crippen LogP contribution in [0.3, 0.4) is 0 Å². The number of benzene rings is 2. The summed E-state index contributed by atoms with van der Waals surface area (Å²) in [5.41, 5.74) is 6.40. The highest BCUT2D eigenvalue weighted by molar-refractivity contribution is 6.30. The SMILES string of the molecule is CC(C)c1cc(CCCCN2CC=C(c3ccc(Cl)cc3)CC2)n(-c2ccccc2)n1. The van der Waals surface area contributed by atoms with Crippen LogP contribution in [0.15, 0.2) is 66.7 Å². The zero-order valence-corrected chi connectivity index (χ0v) is 19.4. The maximum atomic E-state index is 6.02. The average molecular weight is 434 g/mol.